The van der Waals surface area contributed by atoms with E-state index < -0.39 is 0 Å². The minimum absolute atomic E-state index is 0.000681. The van der Waals surface area contributed by atoms with Gasteiger partial charge in [0.1, 0.15) is 5.75 Å². The molecule has 2 saturated heterocycles. The molecule has 0 saturated carbocycles. The van der Waals surface area contributed by atoms with Crippen molar-refractivity contribution in [2.75, 3.05) is 47.5 Å². The zero-order chi connectivity index (χ0) is 17.1. The quantitative estimate of drug-likeness (QED) is 0.910. The van der Waals surface area contributed by atoms with Crippen LogP contribution in [0.5, 0.6) is 17.2 Å². The zero-order valence-electron chi connectivity index (χ0n) is 14.6. The monoisotopic (exact) mass is 334 g/mol. The maximum atomic E-state index is 13.1. The van der Waals surface area contributed by atoms with E-state index >= 15 is 0 Å². The first-order valence-electron chi connectivity index (χ1n) is 8.48. The van der Waals surface area contributed by atoms with E-state index in [1.165, 1.54) is 0 Å². The van der Waals surface area contributed by atoms with Gasteiger partial charge in [0.2, 0.25) is 0 Å². The molecule has 2 aliphatic rings. The number of amides is 1. The molecule has 0 aromatic heterocycles. The van der Waals surface area contributed by atoms with Crippen molar-refractivity contribution in [3.63, 3.8) is 0 Å². The lowest BCUT2D eigenvalue weighted by molar-refractivity contribution is 0.0754. The van der Waals surface area contributed by atoms with Crippen molar-refractivity contribution in [2.24, 2.45) is 11.8 Å². The first-order chi connectivity index (χ1) is 11.7. The fourth-order valence-electron chi connectivity index (χ4n) is 3.79. The van der Waals surface area contributed by atoms with Crippen LogP contribution in [-0.4, -0.2) is 58.3 Å². The third kappa shape index (κ3) is 3.15. The number of hydrogen-bond donors (Lipinski definition) is 1. The van der Waals surface area contributed by atoms with Crippen molar-refractivity contribution in [3.05, 3.63) is 17.7 Å². The van der Waals surface area contributed by atoms with Gasteiger partial charge in [0.25, 0.3) is 5.91 Å². The van der Waals surface area contributed by atoms with Gasteiger partial charge in [-0.15, -0.1) is 0 Å². The minimum Gasteiger partial charge on any atom is -0.496 e. The molecule has 1 N–H and O–H groups in total. The molecule has 3 rings (SSSR count). The van der Waals surface area contributed by atoms with Gasteiger partial charge in [-0.25, -0.2) is 0 Å². The maximum Gasteiger partial charge on any atom is 0.257 e. The Balaban J connectivity index is 1.83. The van der Waals surface area contributed by atoms with Gasteiger partial charge in [0, 0.05) is 25.2 Å². The highest BCUT2D eigenvalue weighted by molar-refractivity contribution is 5.97. The summed E-state index contributed by atoms with van der Waals surface area (Å²) in [6, 6.07) is 3.43. The van der Waals surface area contributed by atoms with E-state index in [1.807, 2.05) is 4.90 Å². The molecule has 2 atom stereocenters. The Labute approximate surface area is 143 Å². The Morgan fingerprint density at radius 1 is 0.958 bits per heavy atom. The van der Waals surface area contributed by atoms with Crippen LogP contribution in [0.25, 0.3) is 0 Å². The lowest BCUT2D eigenvalue weighted by Gasteiger charge is -2.23. The Morgan fingerprint density at radius 2 is 1.50 bits per heavy atom. The molecule has 0 radical (unpaired) electrons. The summed E-state index contributed by atoms with van der Waals surface area (Å²) in [4.78, 5) is 15.0. The highest BCUT2D eigenvalue weighted by atomic mass is 16.5. The summed E-state index contributed by atoms with van der Waals surface area (Å²) < 4.78 is 16.0. The summed E-state index contributed by atoms with van der Waals surface area (Å²) in [5.74, 6) is 3.00. The van der Waals surface area contributed by atoms with E-state index in [0.717, 1.165) is 39.0 Å². The Kier molecular flexibility index (Phi) is 5.14. The summed E-state index contributed by atoms with van der Waals surface area (Å²) in [5.41, 5.74) is 0.528. The van der Waals surface area contributed by atoms with Gasteiger partial charge in [-0.05, 0) is 37.8 Å². The number of carbonyl (C=O) groups excluding carboxylic acids is 1. The molecular formula is C18H26N2O4. The van der Waals surface area contributed by atoms with Crippen LogP contribution in [0, 0.1) is 11.8 Å². The number of ether oxygens (including phenoxy) is 3. The molecule has 1 aromatic rings. The lowest BCUT2D eigenvalue weighted by atomic mass is 9.92. The van der Waals surface area contributed by atoms with Gasteiger partial charge in [0.05, 0.1) is 26.9 Å². The standard InChI is InChI=1S/C18H26N2O4/c1-22-15-9-17(24-3)16(23-2)8-14(15)18(21)20-6-4-12-10-19-11-13(12)5-7-20/h8-9,12-13,19H,4-7,10-11H2,1-3H3/t12-,13+. The average Bonchev–Trinajstić information content (AvgIpc) is 2.98. The highest BCUT2D eigenvalue weighted by Crippen LogP contribution is 2.36. The van der Waals surface area contributed by atoms with Crippen LogP contribution < -0.4 is 19.5 Å². The van der Waals surface area contributed by atoms with Crippen LogP contribution >= 0.6 is 0 Å². The molecule has 1 amide bonds. The van der Waals surface area contributed by atoms with Gasteiger partial charge in [-0.3, -0.25) is 4.79 Å². The van der Waals surface area contributed by atoms with Gasteiger partial charge < -0.3 is 24.4 Å². The van der Waals surface area contributed by atoms with Gasteiger partial charge in [0.15, 0.2) is 11.5 Å². The fraction of sp³-hybridized carbons (Fsp3) is 0.611. The van der Waals surface area contributed by atoms with Crippen molar-refractivity contribution in [2.45, 2.75) is 12.8 Å². The van der Waals surface area contributed by atoms with Crippen molar-refractivity contribution >= 4 is 5.91 Å². The smallest absolute Gasteiger partial charge is 0.257 e. The molecule has 6 nitrogen and oxygen atoms in total. The molecule has 6 heteroatoms. The van der Waals surface area contributed by atoms with Gasteiger partial charge in [-0.2, -0.15) is 0 Å². The molecule has 132 valence electrons. The molecule has 2 aliphatic heterocycles. The molecule has 1 aromatic carbocycles. The summed E-state index contributed by atoms with van der Waals surface area (Å²) in [5, 5.41) is 3.46. The summed E-state index contributed by atoms with van der Waals surface area (Å²) in [6.45, 7) is 3.73. The molecule has 0 unspecified atom stereocenters. The number of methoxy groups -OCH3 is 3. The number of nitrogens with one attached hydrogen (secondary N) is 1. The third-order valence-corrected chi connectivity index (χ3v) is 5.24. The average molecular weight is 334 g/mol. The summed E-state index contributed by atoms with van der Waals surface area (Å²) in [7, 11) is 4.70. The fourth-order valence-corrected chi connectivity index (χ4v) is 3.79. The number of rotatable bonds is 4. The van der Waals surface area contributed by atoms with E-state index in [0.29, 0.717) is 34.6 Å². The predicted octanol–water partition coefficient (Wildman–Crippen LogP) is 1.78. The number of likely N-dealkylation sites (tertiary alicyclic amines) is 1. The highest BCUT2D eigenvalue weighted by Gasteiger charge is 2.32. The van der Waals surface area contributed by atoms with E-state index in [4.69, 9.17) is 14.2 Å². The zero-order valence-corrected chi connectivity index (χ0v) is 14.6. The van der Waals surface area contributed by atoms with E-state index in [1.54, 1.807) is 33.5 Å². The Bertz CT molecular complexity index is 591. The van der Waals surface area contributed by atoms with Crippen molar-refractivity contribution in [3.8, 4) is 17.2 Å². The van der Waals surface area contributed by atoms with E-state index in [2.05, 4.69) is 5.32 Å². The number of fused-ring (bicyclic) bond motifs is 1. The van der Waals surface area contributed by atoms with E-state index in [-0.39, 0.29) is 5.91 Å². The lowest BCUT2D eigenvalue weighted by Crippen LogP contribution is -2.33. The van der Waals surface area contributed by atoms with Crippen LogP contribution in [-0.2, 0) is 0 Å². The molecule has 24 heavy (non-hydrogen) atoms. The third-order valence-electron chi connectivity index (χ3n) is 5.24. The SMILES string of the molecule is COc1cc(OC)c(C(=O)N2CC[C@@H]3CNC[C@@H]3CC2)cc1OC. The van der Waals surface area contributed by atoms with Crippen LogP contribution in [0.2, 0.25) is 0 Å². The van der Waals surface area contributed by atoms with Crippen LogP contribution in [0.1, 0.15) is 23.2 Å². The first-order valence-corrected chi connectivity index (χ1v) is 8.48. The topological polar surface area (TPSA) is 60.0 Å². The molecule has 2 fully saturated rings. The maximum absolute atomic E-state index is 13.1. The van der Waals surface area contributed by atoms with Crippen LogP contribution in [0.15, 0.2) is 12.1 Å². The van der Waals surface area contributed by atoms with Gasteiger partial charge >= 0.3 is 0 Å². The minimum atomic E-state index is 0.000681. The molecular weight excluding hydrogens is 308 g/mol. The largest absolute Gasteiger partial charge is 0.496 e. The number of hydrogen-bond acceptors (Lipinski definition) is 5. The van der Waals surface area contributed by atoms with Crippen molar-refractivity contribution < 1.29 is 19.0 Å². The van der Waals surface area contributed by atoms with Crippen LogP contribution in [0.4, 0.5) is 0 Å². The second-order valence-corrected chi connectivity index (χ2v) is 6.46. The predicted molar refractivity (Wildman–Crippen MR) is 91.1 cm³/mol. The second kappa shape index (κ2) is 7.30. The first kappa shape index (κ1) is 16.9. The molecule has 0 aliphatic carbocycles. The molecule has 0 spiro atoms. The van der Waals surface area contributed by atoms with Gasteiger partial charge in [-0.1, -0.05) is 0 Å². The van der Waals surface area contributed by atoms with Crippen molar-refractivity contribution in [1.82, 2.24) is 10.2 Å². The Morgan fingerprint density at radius 3 is 2.04 bits per heavy atom. The number of carbonyl (C=O) groups is 1. The summed E-state index contributed by atoms with van der Waals surface area (Å²) >= 11 is 0. The summed E-state index contributed by atoms with van der Waals surface area (Å²) in [6.07, 6.45) is 2.11. The number of benzene rings is 1. The second-order valence-electron chi connectivity index (χ2n) is 6.46. The van der Waals surface area contributed by atoms with E-state index in [9.17, 15) is 4.79 Å². The Hall–Kier alpha value is -1.95. The normalized spacial score (nSPS) is 23.4. The molecule has 2 heterocycles. The van der Waals surface area contributed by atoms with Crippen LogP contribution in [0.3, 0.4) is 0 Å². The van der Waals surface area contributed by atoms with Crippen molar-refractivity contribution in [1.29, 1.82) is 0 Å². The molecule has 0 bridgehead atoms. The number of nitrogens with zero attached hydrogens (tertiary/aromatic N) is 1.